The lowest BCUT2D eigenvalue weighted by Gasteiger charge is -2.13. The summed E-state index contributed by atoms with van der Waals surface area (Å²) in [5, 5.41) is 8.06. The fourth-order valence-corrected chi connectivity index (χ4v) is 3.88. The van der Waals surface area contributed by atoms with E-state index in [0.29, 0.717) is 20.9 Å². The minimum atomic E-state index is -3.85. The van der Waals surface area contributed by atoms with Crippen LogP contribution in [0.5, 0.6) is 5.75 Å². The van der Waals surface area contributed by atoms with Crippen molar-refractivity contribution in [3.8, 4) is 5.75 Å². The molecular formula is C21H17BrClN3O5S. The molecule has 166 valence electrons. The van der Waals surface area contributed by atoms with Crippen LogP contribution in [0.25, 0.3) is 0 Å². The predicted molar refractivity (Wildman–Crippen MR) is 123 cm³/mol. The lowest BCUT2D eigenvalue weighted by Crippen LogP contribution is -2.21. The lowest BCUT2D eigenvalue weighted by atomic mass is 10.1. The third-order valence-electron chi connectivity index (χ3n) is 4.29. The number of aryl methyl sites for hydroxylation is 1. The molecule has 0 aliphatic heterocycles. The topological polar surface area (TPSA) is 128 Å². The molecule has 0 spiro atoms. The largest absolute Gasteiger partial charge is 0.483 e. The molecule has 0 saturated heterocycles. The van der Waals surface area contributed by atoms with E-state index in [1.807, 2.05) is 0 Å². The van der Waals surface area contributed by atoms with Crippen LogP contribution in [0.4, 0.5) is 5.69 Å². The van der Waals surface area contributed by atoms with Gasteiger partial charge in [-0.25, -0.2) is 18.5 Å². The summed E-state index contributed by atoms with van der Waals surface area (Å²) in [5.41, 5.74) is 1.25. The number of pyridine rings is 1. The third kappa shape index (κ3) is 5.92. The van der Waals surface area contributed by atoms with Crippen LogP contribution >= 0.6 is 27.5 Å². The Morgan fingerprint density at radius 3 is 2.56 bits per heavy atom. The average molecular weight is 539 g/mol. The fraction of sp³-hybridized carbons (Fsp3) is 0.0952. The van der Waals surface area contributed by atoms with Crippen molar-refractivity contribution in [1.82, 2.24) is 4.98 Å². The fourth-order valence-electron chi connectivity index (χ4n) is 2.76. The Morgan fingerprint density at radius 1 is 1.16 bits per heavy atom. The van der Waals surface area contributed by atoms with Crippen LogP contribution in [-0.2, 0) is 14.8 Å². The van der Waals surface area contributed by atoms with Crippen molar-refractivity contribution in [3.63, 3.8) is 0 Å². The van der Waals surface area contributed by atoms with Crippen molar-refractivity contribution >= 4 is 54.9 Å². The monoisotopic (exact) mass is 537 g/mol. The van der Waals surface area contributed by atoms with Gasteiger partial charge < -0.3 is 10.1 Å². The van der Waals surface area contributed by atoms with Crippen molar-refractivity contribution < 1.29 is 22.7 Å². The summed E-state index contributed by atoms with van der Waals surface area (Å²) >= 11 is 9.27. The number of carbonyl (C=O) groups is 2. The van der Waals surface area contributed by atoms with E-state index < -0.39 is 28.3 Å². The first-order valence-electron chi connectivity index (χ1n) is 9.07. The highest BCUT2D eigenvalue weighted by atomic mass is 79.9. The summed E-state index contributed by atoms with van der Waals surface area (Å²) < 4.78 is 28.9. The van der Waals surface area contributed by atoms with Crippen LogP contribution in [0, 0.1) is 6.92 Å². The van der Waals surface area contributed by atoms with Gasteiger partial charge in [-0.15, -0.1) is 0 Å². The lowest BCUT2D eigenvalue weighted by molar-refractivity contribution is -0.118. The number of nitrogens with one attached hydrogen (secondary N) is 1. The number of sulfonamides is 1. The number of nitrogens with two attached hydrogens (primary N) is 1. The number of hydrogen-bond donors (Lipinski definition) is 2. The van der Waals surface area contributed by atoms with Gasteiger partial charge in [0, 0.05) is 10.7 Å². The quantitative estimate of drug-likeness (QED) is 0.349. The average Bonchev–Trinajstić information content (AvgIpc) is 2.73. The predicted octanol–water partition coefficient (Wildman–Crippen LogP) is 3.70. The van der Waals surface area contributed by atoms with Crippen LogP contribution in [-0.4, -0.2) is 31.7 Å². The van der Waals surface area contributed by atoms with Gasteiger partial charge in [0.15, 0.2) is 6.61 Å². The second kappa shape index (κ2) is 9.78. The summed E-state index contributed by atoms with van der Waals surface area (Å²) in [7, 11) is -3.85. The maximum atomic E-state index is 12.9. The summed E-state index contributed by atoms with van der Waals surface area (Å²) in [6.07, 6.45) is 0. The van der Waals surface area contributed by atoms with E-state index in [-0.39, 0.29) is 21.9 Å². The number of nitrogens with zero attached hydrogens (tertiary/aromatic N) is 1. The number of hydrogen-bond acceptors (Lipinski definition) is 6. The maximum Gasteiger partial charge on any atom is 0.262 e. The van der Waals surface area contributed by atoms with Gasteiger partial charge in [0.25, 0.3) is 5.91 Å². The molecule has 1 aromatic heterocycles. The molecule has 11 heteroatoms. The molecular weight excluding hydrogens is 522 g/mol. The number of benzene rings is 2. The number of amides is 1. The minimum Gasteiger partial charge on any atom is -0.483 e. The van der Waals surface area contributed by atoms with Gasteiger partial charge in [0.2, 0.25) is 15.8 Å². The molecule has 3 aromatic rings. The molecule has 8 nitrogen and oxygen atoms in total. The molecule has 0 bridgehead atoms. The molecule has 0 saturated carbocycles. The van der Waals surface area contributed by atoms with E-state index in [9.17, 15) is 18.0 Å². The molecule has 32 heavy (non-hydrogen) atoms. The number of carbonyl (C=O) groups excluding carboxylic acids is 2. The number of rotatable bonds is 7. The van der Waals surface area contributed by atoms with E-state index in [1.165, 1.54) is 36.4 Å². The Morgan fingerprint density at radius 2 is 1.91 bits per heavy atom. The van der Waals surface area contributed by atoms with Gasteiger partial charge in [-0.05, 0) is 76.9 Å². The number of anilines is 1. The Bertz CT molecular complexity index is 1310. The van der Waals surface area contributed by atoms with Crippen LogP contribution in [0.1, 0.15) is 21.6 Å². The third-order valence-corrected chi connectivity index (χ3v) is 5.88. The van der Waals surface area contributed by atoms with Gasteiger partial charge in [-0.1, -0.05) is 17.7 Å². The molecule has 0 aliphatic rings. The van der Waals surface area contributed by atoms with Gasteiger partial charge >= 0.3 is 0 Å². The summed E-state index contributed by atoms with van der Waals surface area (Å²) in [4.78, 5) is 29.3. The molecule has 3 N–H and O–H groups in total. The van der Waals surface area contributed by atoms with Gasteiger partial charge in [-0.3, -0.25) is 9.59 Å². The van der Waals surface area contributed by atoms with Gasteiger partial charge in [-0.2, -0.15) is 0 Å². The highest BCUT2D eigenvalue weighted by molar-refractivity contribution is 9.10. The van der Waals surface area contributed by atoms with E-state index in [1.54, 1.807) is 25.1 Å². The maximum absolute atomic E-state index is 12.9. The van der Waals surface area contributed by atoms with E-state index in [2.05, 4.69) is 26.2 Å². The summed E-state index contributed by atoms with van der Waals surface area (Å²) in [6.45, 7) is 1.23. The molecule has 0 unspecified atom stereocenters. The second-order valence-corrected chi connectivity index (χ2v) is 9.48. The number of aromatic nitrogens is 1. The van der Waals surface area contributed by atoms with Crippen LogP contribution in [0.15, 0.2) is 64.1 Å². The van der Waals surface area contributed by atoms with Crippen molar-refractivity contribution in [1.29, 1.82) is 0 Å². The SMILES string of the molecule is Cc1cc(S(N)(=O)=O)ccc1NC(=O)COc1ccc(Cl)cc1C(=O)c1cccc(Br)n1. The Kier molecular flexibility index (Phi) is 7.29. The smallest absolute Gasteiger partial charge is 0.262 e. The second-order valence-electron chi connectivity index (χ2n) is 6.67. The number of halogens is 2. The van der Waals surface area contributed by atoms with Crippen molar-refractivity contribution in [3.05, 3.63) is 81.0 Å². The Hall–Kier alpha value is -2.79. The molecule has 1 heterocycles. The number of ether oxygens (including phenoxy) is 1. The van der Waals surface area contributed by atoms with Crippen LogP contribution in [0.2, 0.25) is 5.02 Å². The molecule has 0 aliphatic carbocycles. The Labute approximate surface area is 197 Å². The molecule has 1 amide bonds. The minimum absolute atomic E-state index is 0.0604. The summed E-state index contributed by atoms with van der Waals surface area (Å²) in [5.74, 6) is -0.762. The van der Waals surface area contributed by atoms with E-state index >= 15 is 0 Å². The highest BCUT2D eigenvalue weighted by Crippen LogP contribution is 2.26. The van der Waals surface area contributed by atoms with Crippen LogP contribution in [0.3, 0.4) is 0 Å². The first kappa shape index (κ1) is 23.9. The van der Waals surface area contributed by atoms with Crippen molar-refractivity contribution in [2.24, 2.45) is 5.14 Å². The van der Waals surface area contributed by atoms with Gasteiger partial charge in [0.1, 0.15) is 16.0 Å². The molecule has 0 fully saturated rings. The van der Waals surface area contributed by atoms with E-state index in [0.717, 1.165) is 0 Å². The molecule has 0 radical (unpaired) electrons. The van der Waals surface area contributed by atoms with Gasteiger partial charge in [0.05, 0.1) is 10.5 Å². The first-order valence-corrected chi connectivity index (χ1v) is 11.8. The van der Waals surface area contributed by atoms with Crippen molar-refractivity contribution in [2.45, 2.75) is 11.8 Å². The number of ketones is 1. The normalized spacial score (nSPS) is 11.1. The highest BCUT2D eigenvalue weighted by Gasteiger charge is 2.18. The standard InChI is InChI=1S/C21H17BrClN3O5S/c1-12-9-14(32(24,29)30)6-7-16(12)26-20(27)11-31-18-8-5-13(23)10-15(18)21(28)17-3-2-4-19(22)25-17/h2-10H,11H2,1H3,(H,26,27)(H2,24,29,30). The zero-order chi connectivity index (χ0) is 23.5. The van der Waals surface area contributed by atoms with Crippen LogP contribution < -0.4 is 15.2 Å². The summed E-state index contributed by atoms with van der Waals surface area (Å²) in [6, 6.07) is 13.5. The Balaban J connectivity index is 1.75. The van der Waals surface area contributed by atoms with Crippen molar-refractivity contribution in [2.75, 3.05) is 11.9 Å². The zero-order valence-electron chi connectivity index (χ0n) is 16.6. The zero-order valence-corrected chi connectivity index (χ0v) is 19.8. The first-order chi connectivity index (χ1) is 15.0. The van der Waals surface area contributed by atoms with E-state index in [4.69, 9.17) is 21.5 Å². The molecule has 2 aromatic carbocycles. The molecule has 3 rings (SSSR count). The molecule has 0 atom stereocenters. The number of primary sulfonamides is 1.